The number of sulfonamides is 1. The number of nitrogens with zero attached hydrogens (tertiary/aromatic N) is 2. The van der Waals surface area contributed by atoms with E-state index in [4.69, 9.17) is 0 Å². The third kappa shape index (κ3) is 3.59. The third-order valence-electron chi connectivity index (χ3n) is 5.22. The first-order valence-electron chi connectivity index (χ1n) is 8.32. The molecule has 6 heteroatoms. The zero-order valence-electron chi connectivity index (χ0n) is 13.8. The monoisotopic (exact) mass is 340 g/mol. The Kier molecular flexibility index (Phi) is 4.76. The van der Waals surface area contributed by atoms with Crippen LogP contribution in [0.3, 0.4) is 0 Å². The number of rotatable bonds is 3. The fraction of sp³-hybridized carbons (Fsp3) is 0.647. The van der Waals surface area contributed by atoms with Gasteiger partial charge in [-0.3, -0.25) is 4.90 Å². The van der Waals surface area contributed by atoms with Gasteiger partial charge in [0, 0.05) is 37.8 Å². The van der Waals surface area contributed by atoms with Crippen molar-refractivity contribution in [1.29, 1.82) is 0 Å². The molecule has 3 rings (SSSR count). The molecule has 0 unspecified atom stereocenters. The van der Waals surface area contributed by atoms with Crippen molar-refractivity contribution in [2.45, 2.75) is 32.2 Å². The highest BCUT2D eigenvalue weighted by atomic mass is 32.2. The van der Waals surface area contributed by atoms with Gasteiger partial charge in [-0.05, 0) is 43.7 Å². The largest absolute Gasteiger partial charge is 0.296 e. The summed E-state index contributed by atoms with van der Waals surface area (Å²) in [6, 6.07) is 5.37. The lowest BCUT2D eigenvalue weighted by molar-refractivity contribution is 0.135. The fourth-order valence-corrected chi connectivity index (χ4v) is 4.91. The number of piperidine rings is 1. The predicted octanol–water partition coefficient (Wildman–Crippen LogP) is 2.42. The normalized spacial score (nSPS) is 26.9. The number of halogens is 1. The molecule has 0 amide bonds. The second-order valence-electron chi connectivity index (χ2n) is 6.86. The zero-order valence-corrected chi connectivity index (χ0v) is 14.7. The van der Waals surface area contributed by atoms with E-state index >= 15 is 0 Å². The molecule has 2 heterocycles. The lowest BCUT2D eigenvalue weighted by atomic mass is 9.91. The van der Waals surface area contributed by atoms with Crippen LogP contribution in [0.15, 0.2) is 18.2 Å². The molecule has 2 aliphatic heterocycles. The molecule has 1 fully saturated rings. The second kappa shape index (κ2) is 6.49. The van der Waals surface area contributed by atoms with Crippen molar-refractivity contribution < 1.29 is 12.8 Å². The van der Waals surface area contributed by atoms with Crippen LogP contribution in [0.4, 0.5) is 4.39 Å². The average Bonchev–Trinajstić information content (AvgIpc) is 2.50. The molecule has 23 heavy (non-hydrogen) atoms. The summed E-state index contributed by atoms with van der Waals surface area (Å²) < 4.78 is 39.3. The predicted molar refractivity (Wildman–Crippen MR) is 89.2 cm³/mol. The Balaban J connectivity index is 1.71. The zero-order chi connectivity index (χ0) is 16.6. The van der Waals surface area contributed by atoms with E-state index in [-0.39, 0.29) is 11.9 Å². The molecule has 1 saturated heterocycles. The van der Waals surface area contributed by atoms with Crippen LogP contribution >= 0.6 is 0 Å². The number of benzene rings is 1. The molecule has 1 aromatic rings. The minimum atomic E-state index is -3.11. The van der Waals surface area contributed by atoms with E-state index in [0.29, 0.717) is 19.0 Å². The molecule has 4 nitrogen and oxygen atoms in total. The first-order chi connectivity index (χ1) is 10.9. The molecule has 1 aromatic carbocycles. The van der Waals surface area contributed by atoms with Gasteiger partial charge >= 0.3 is 0 Å². The van der Waals surface area contributed by atoms with Crippen LogP contribution in [0.5, 0.6) is 0 Å². The summed E-state index contributed by atoms with van der Waals surface area (Å²) in [5, 5.41) is 0. The van der Waals surface area contributed by atoms with E-state index in [9.17, 15) is 12.8 Å². The van der Waals surface area contributed by atoms with Crippen molar-refractivity contribution in [1.82, 2.24) is 9.21 Å². The Morgan fingerprint density at radius 3 is 2.83 bits per heavy atom. The van der Waals surface area contributed by atoms with Gasteiger partial charge in [0.1, 0.15) is 5.82 Å². The molecule has 0 aromatic heterocycles. The highest BCUT2D eigenvalue weighted by Crippen LogP contribution is 2.33. The minimum absolute atomic E-state index is 0.0496. The van der Waals surface area contributed by atoms with Gasteiger partial charge in [0.2, 0.25) is 10.0 Å². The molecule has 2 aliphatic rings. The molecule has 0 saturated carbocycles. The van der Waals surface area contributed by atoms with Gasteiger partial charge in [0.15, 0.2) is 0 Å². The molecule has 0 spiro atoms. The van der Waals surface area contributed by atoms with Crippen molar-refractivity contribution in [3.8, 4) is 0 Å². The Bertz CT molecular complexity index is 677. The van der Waals surface area contributed by atoms with Gasteiger partial charge in [-0.15, -0.1) is 0 Å². The summed E-state index contributed by atoms with van der Waals surface area (Å²) in [7, 11) is -3.11. The van der Waals surface area contributed by atoms with Crippen LogP contribution in [-0.4, -0.2) is 50.1 Å². The molecule has 2 atom stereocenters. The molecular formula is C17H25FN2O2S. The molecule has 0 aliphatic carbocycles. The lowest BCUT2D eigenvalue weighted by Crippen LogP contribution is -2.45. The average molecular weight is 340 g/mol. The first kappa shape index (κ1) is 16.9. The molecule has 0 radical (unpaired) electrons. The van der Waals surface area contributed by atoms with Crippen molar-refractivity contribution in [2.75, 3.05) is 32.4 Å². The lowest BCUT2D eigenvalue weighted by Gasteiger charge is -2.40. The summed E-state index contributed by atoms with van der Waals surface area (Å²) in [5.41, 5.74) is 1.92. The van der Waals surface area contributed by atoms with Crippen LogP contribution in [-0.2, 0) is 16.4 Å². The van der Waals surface area contributed by atoms with Gasteiger partial charge < -0.3 is 0 Å². The van der Waals surface area contributed by atoms with E-state index in [1.54, 1.807) is 10.4 Å². The van der Waals surface area contributed by atoms with E-state index in [1.807, 2.05) is 6.07 Å². The molecule has 128 valence electrons. The van der Waals surface area contributed by atoms with Gasteiger partial charge in [-0.2, -0.15) is 0 Å². The molecular weight excluding hydrogens is 315 g/mol. The highest BCUT2D eigenvalue weighted by Gasteiger charge is 2.31. The quantitative estimate of drug-likeness (QED) is 0.848. The van der Waals surface area contributed by atoms with Crippen LogP contribution in [0.2, 0.25) is 0 Å². The maximum absolute atomic E-state index is 14.2. The summed E-state index contributed by atoms with van der Waals surface area (Å²) in [6.45, 7) is 5.01. The second-order valence-corrected chi connectivity index (χ2v) is 8.85. The standard InChI is InChI=1S/C17H25FN2O2S/c1-13-17-15(6-3-7-16(17)18)8-10-19(13)11-14-5-4-9-20(12-14)23(2,21)22/h3,6-7,13-14H,4-5,8-12H2,1-2H3/t13-,14-/m0/s1. The van der Waals surface area contributed by atoms with E-state index < -0.39 is 10.0 Å². The SMILES string of the molecule is C[C@H]1c2c(F)cccc2CCN1C[C@@H]1CCCN(S(C)(=O)=O)C1. The smallest absolute Gasteiger partial charge is 0.211 e. The first-order valence-corrected chi connectivity index (χ1v) is 10.2. The third-order valence-corrected chi connectivity index (χ3v) is 6.49. The van der Waals surface area contributed by atoms with Gasteiger partial charge in [0.05, 0.1) is 6.26 Å². The fourth-order valence-electron chi connectivity index (χ4n) is 3.97. The van der Waals surface area contributed by atoms with Gasteiger partial charge in [-0.1, -0.05) is 12.1 Å². The summed E-state index contributed by atoms with van der Waals surface area (Å²) >= 11 is 0. The molecule has 0 bridgehead atoms. The highest BCUT2D eigenvalue weighted by molar-refractivity contribution is 7.88. The van der Waals surface area contributed by atoms with Crippen LogP contribution in [0, 0.1) is 11.7 Å². The number of fused-ring (bicyclic) bond motifs is 1. The topological polar surface area (TPSA) is 40.6 Å². The number of hydrogen-bond donors (Lipinski definition) is 0. The Labute approximate surface area is 138 Å². The molecule has 0 N–H and O–H groups in total. The van der Waals surface area contributed by atoms with Gasteiger partial charge in [0.25, 0.3) is 0 Å². The van der Waals surface area contributed by atoms with E-state index in [2.05, 4.69) is 11.8 Å². The van der Waals surface area contributed by atoms with E-state index in [0.717, 1.165) is 43.5 Å². The Hall–Kier alpha value is -0.980. The van der Waals surface area contributed by atoms with Crippen LogP contribution < -0.4 is 0 Å². The Morgan fingerprint density at radius 1 is 1.30 bits per heavy atom. The Morgan fingerprint density at radius 2 is 2.09 bits per heavy atom. The maximum Gasteiger partial charge on any atom is 0.211 e. The van der Waals surface area contributed by atoms with Crippen molar-refractivity contribution >= 4 is 10.0 Å². The number of hydrogen-bond acceptors (Lipinski definition) is 3. The summed E-state index contributed by atoms with van der Waals surface area (Å²) in [6.07, 6.45) is 4.09. The van der Waals surface area contributed by atoms with Crippen molar-refractivity contribution in [2.24, 2.45) is 5.92 Å². The van der Waals surface area contributed by atoms with Crippen LogP contribution in [0.25, 0.3) is 0 Å². The van der Waals surface area contributed by atoms with Crippen molar-refractivity contribution in [3.05, 3.63) is 35.1 Å². The van der Waals surface area contributed by atoms with E-state index in [1.165, 1.54) is 12.3 Å². The van der Waals surface area contributed by atoms with Crippen molar-refractivity contribution in [3.63, 3.8) is 0 Å². The van der Waals surface area contributed by atoms with Gasteiger partial charge in [-0.25, -0.2) is 17.1 Å². The summed E-state index contributed by atoms with van der Waals surface area (Å²) in [5.74, 6) is 0.204. The minimum Gasteiger partial charge on any atom is -0.296 e. The van der Waals surface area contributed by atoms with Crippen LogP contribution in [0.1, 0.15) is 36.9 Å². The maximum atomic E-state index is 14.2. The summed E-state index contributed by atoms with van der Waals surface area (Å²) in [4.78, 5) is 2.31.